The number of carbonyl (C=O) groups excluding carboxylic acids is 3. The first-order chi connectivity index (χ1) is 8.95. The molecule has 0 aliphatic carbocycles. The van der Waals surface area contributed by atoms with Crippen LogP contribution in [-0.4, -0.2) is 29.4 Å². The fourth-order valence-corrected chi connectivity index (χ4v) is 1.88. The molecule has 0 aromatic heterocycles. The van der Waals surface area contributed by atoms with Gasteiger partial charge in [-0.15, -0.1) is 0 Å². The summed E-state index contributed by atoms with van der Waals surface area (Å²) in [6.45, 7) is -0.189. The van der Waals surface area contributed by atoms with Crippen LogP contribution in [0.25, 0.3) is 0 Å². The fourth-order valence-electron chi connectivity index (χ4n) is 1.56. The van der Waals surface area contributed by atoms with E-state index in [1.165, 1.54) is 0 Å². The number of hydrogen-bond donors (Lipinski definition) is 2. The van der Waals surface area contributed by atoms with Crippen LogP contribution >= 0.6 is 23.2 Å². The van der Waals surface area contributed by atoms with Gasteiger partial charge in [0.2, 0.25) is 11.8 Å². The monoisotopic (exact) mass is 301 g/mol. The Hall–Kier alpha value is -1.79. The molecule has 2 rings (SSSR count). The Balaban J connectivity index is 1.96. The Bertz CT molecular complexity index is 562. The van der Waals surface area contributed by atoms with E-state index in [1.54, 1.807) is 18.2 Å². The zero-order chi connectivity index (χ0) is 14.0. The lowest BCUT2D eigenvalue weighted by molar-refractivity contribution is -0.124. The van der Waals surface area contributed by atoms with E-state index in [2.05, 4.69) is 5.43 Å². The number of hydrogen-bond acceptors (Lipinski definition) is 3. The van der Waals surface area contributed by atoms with Crippen LogP contribution in [0, 0.1) is 0 Å². The highest BCUT2D eigenvalue weighted by Gasteiger charge is 2.27. The molecule has 6 nitrogen and oxygen atoms in total. The smallest absolute Gasteiger partial charge is 0.275 e. The Labute approximate surface area is 118 Å². The average Bonchev–Trinajstić information content (AvgIpc) is 2.62. The van der Waals surface area contributed by atoms with Crippen molar-refractivity contribution in [1.29, 1.82) is 0 Å². The summed E-state index contributed by atoms with van der Waals surface area (Å²) in [5, 5.41) is 3.71. The van der Waals surface area contributed by atoms with Gasteiger partial charge in [-0.3, -0.25) is 20.3 Å². The van der Waals surface area contributed by atoms with Gasteiger partial charge in [0.1, 0.15) is 6.54 Å². The second-order valence-corrected chi connectivity index (χ2v) is 4.71. The molecule has 1 aromatic carbocycles. The lowest BCUT2D eigenvalue weighted by atomic mass is 10.1. The van der Waals surface area contributed by atoms with Crippen molar-refractivity contribution in [2.24, 2.45) is 0 Å². The lowest BCUT2D eigenvalue weighted by Gasteiger charge is -2.14. The number of halogens is 2. The second kappa shape index (κ2) is 5.46. The van der Waals surface area contributed by atoms with Gasteiger partial charge in [-0.25, -0.2) is 9.80 Å². The largest absolute Gasteiger partial charge is 0.343 e. The Morgan fingerprint density at radius 1 is 1.32 bits per heavy atom. The Morgan fingerprint density at radius 3 is 2.63 bits per heavy atom. The number of amides is 4. The lowest BCUT2D eigenvalue weighted by Crippen LogP contribution is -2.44. The van der Waals surface area contributed by atoms with Gasteiger partial charge in [0.15, 0.2) is 0 Å². The topological polar surface area (TPSA) is 78.5 Å². The number of benzene rings is 1. The van der Waals surface area contributed by atoms with E-state index in [4.69, 9.17) is 23.2 Å². The third-order valence-electron chi connectivity index (χ3n) is 2.40. The highest BCUT2D eigenvalue weighted by Crippen LogP contribution is 2.22. The van der Waals surface area contributed by atoms with Crippen LogP contribution in [0.3, 0.4) is 0 Å². The molecule has 1 saturated heterocycles. The predicted octanol–water partition coefficient (Wildman–Crippen LogP) is 1.12. The number of nitrogens with zero attached hydrogens (tertiary/aromatic N) is 1. The van der Waals surface area contributed by atoms with Gasteiger partial charge < -0.3 is 0 Å². The van der Waals surface area contributed by atoms with Crippen molar-refractivity contribution in [3.63, 3.8) is 0 Å². The minimum Gasteiger partial charge on any atom is -0.275 e. The van der Waals surface area contributed by atoms with Gasteiger partial charge in [0.05, 0.1) is 16.5 Å². The molecule has 100 valence electrons. The molecule has 1 aliphatic rings. The molecule has 19 heavy (non-hydrogen) atoms. The Kier molecular flexibility index (Phi) is 3.92. The maximum Gasteiger partial charge on any atom is 0.343 e. The summed E-state index contributed by atoms with van der Waals surface area (Å²) >= 11 is 11.6. The molecule has 1 fully saturated rings. The van der Waals surface area contributed by atoms with Crippen molar-refractivity contribution in [2.75, 3.05) is 6.54 Å². The highest BCUT2D eigenvalue weighted by atomic mass is 35.5. The predicted molar refractivity (Wildman–Crippen MR) is 68.6 cm³/mol. The molecule has 8 heteroatoms. The highest BCUT2D eigenvalue weighted by molar-refractivity contribution is 6.42. The van der Waals surface area contributed by atoms with E-state index < -0.39 is 17.8 Å². The van der Waals surface area contributed by atoms with Gasteiger partial charge in [0.25, 0.3) is 0 Å². The summed E-state index contributed by atoms with van der Waals surface area (Å²) < 4.78 is 0. The quantitative estimate of drug-likeness (QED) is 0.821. The van der Waals surface area contributed by atoms with E-state index >= 15 is 0 Å². The molecule has 0 unspecified atom stereocenters. The fraction of sp³-hybridized carbons (Fsp3) is 0.182. The normalized spacial score (nSPS) is 14.5. The molecule has 0 bridgehead atoms. The number of rotatable bonds is 3. The first kappa shape index (κ1) is 13.6. The summed E-state index contributed by atoms with van der Waals surface area (Å²) in [4.78, 5) is 33.8. The molecule has 1 heterocycles. The third-order valence-corrected chi connectivity index (χ3v) is 3.14. The summed E-state index contributed by atoms with van der Waals surface area (Å²) in [5.41, 5.74) is 2.98. The van der Waals surface area contributed by atoms with Crippen LogP contribution in [0.1, 0.15) is 5.56 Å². The molecule has 0 saturated carbocycles. The summed E-state index contributed by atoms with van der Waals surface area (Å²) in [6, 6.07) is 4.16. The van der Waals surface area contributed by atoms with Crippen LogP contribution in [0.5, 0.6) is 0 Å². The molecular formula is C11H9Cl2N3O3. The van der Waals surface area contributed by atoms with E-state index in [-0.39, 0.29) is 13.0 Å². The van der Waals surface area contributed by atoms with Crippen molar-refractivity contribution < 1.29 is 14.4 Å². The minimum atomic E-state index is -0.646. The maximum absolute atomic E-state index is 11.7. The van der Waals surface area contributed by atoms with Crippen molar-refractivity contribution in [2.45, 2.75) is 6.42 Å². The molecule has 2 N–H and O–H groups in total. The molecular weight excluding hydrogens is 293 g/mol. The van der Waals surface area contributed by atoms with Gasteiger partial charge in [-0.05, 0) is 17.7 Å². The van der Waals surface area contributed by atoms with Crippen molar-refractivity contribution >= 4 is 41.0 Å². The molecule has 0 atom stereocenters. The van der Waals surface area contributed by atoms with Gasteiger partial charge >= 0.3 is 6.03 Å². The van der Waals surface area contributed by atoms with E-state index in [9.17, 15) is 14.4 Å². The molecule has 0 radical (unpaired) electrons. The van der Waals surface area contributed by atoms with Crippen LogP contribution in [-0.2, 0) is 16.0 Å². The number of carbonyl (C=O) groups is 3. The number of urea groups is 1. The van der Waals surface area contributed by atoms with Crippen LogP contribution in [0.15, 0.2) is 18.2 Å². The van der Waals surface area contributed by atoms with E-state index in [0.717, 1.165) is 5.01 Å². The van der Waals surface area contributed by atoms with Crippen molar-refractivity contribution in [1.82, 2.24) is 15.8 Å². The summed E-state index contributed by atoms with van der Waals surface area (Å²) in [6.07, 6.45) is 0.0227. The number of hydrazine groups is 1. The molecule has 1 aromatic rings. The number of imide groups is 1. The SMILES string of the molecule is O=C1CN(NC(=O)Cc2ccc(Cl)c(Cl)c2)C(=O)N1. The molecule has 4 amide bonds. The van der Waals surface area contributed by atoms with Crippen LogP contribution in [0.4, 0.5) is 4.79 Å². The summed E-state index contributed by atoms with van der Waals surface area (Å²) in [5.74, 6) is -0.886. The van der Waals surface area contributed by atoms with Gasteiger partial charge in [-0.1, -0.05) is 29.3 Å². The van der Waals surface area contributed by atoms with Crippen molar-refractivity contribution in [3.8, 4) is 0 Å². The standard InChI is InChI=1S/C11H9Cl2N3O3/c12-7-2-1-6(3-8(7)13)4-9(17)15-16-5-10(18)14-11(16)19/h1-3H,4-5H2,(H,15,17)(H,14,18,19). The maximum atomic E-state index is 11.7. The zero-order valence-electron chi connectivity index (χ0n) is 9.57. The van der Waals surface area contributed by atoms with Gasteiger partial charge in [-0.2, -0.15) is 0 Å². The van der Waals surface area contributed by atoms with E-state index in [1.807, 2.05) is 5.32 Å². The first-order valence-corrected chi connectivity index (χ1v) is 6.06. The second-order valence-electron chi connectivity index (χ2n) is 3.90. The molecule has 0 spiro atoms. The third kappa shape index (κ3) is 3.36. The average molecular weight is 302 g/mol. The molecule has 1 aliphatic heterocycles. The number of nitrogens with one attached hydrogen (secondary N) is 2. The summed E-state index contributed by atoms with van der Waals surface area (Å²) in [7, 11) is 0. The first-order valence-electron chi connectivity index (χ1n) is 5.30. The van der Waals surface area contributed by atoms with Crippen LogP contribution < -0.4 is 10.7 Å². The van der Waals surface area contributed by atoms with E-state index in [0.29, 0.717) is 15.6 Å². The van der Waals surface area contributed by atoms with Crippen molar-refractivity contribution in [3.05, 3.63) is 33.8 Å². The Morgan fingerprint density at radius 2 is 2.05 bits per heavy atom. The minimum absolute atomic E-state index is 0.0227. The van der Waals surface area contributed by atoms with Crippen LogP contribution in [0.2, 0.25) is 10.0 Å². The van der Waals surface area contributed by atoms with Gasteiger partial charge in [0, 0.05) is 0 Å². The zero-order valence-corrected chi connectivity index (χ0v) is 11.1.